The zero-order chi connectivity index (χ0) is 13.3. The predicted octanol–water partition coefficient (Wildman–Crippen LogP) is 1.62. The molecule has 2 aromatic rings. The van der Waals surface area contributed by atoms with Gasteiger partial charge in [-0.25, -0.2) is 4.98 Å². The van der Waals surface area contributed by atoms with Crippen molar-refractivity contribution in [1.82, 2.24) is 9.55 Å². The zero-order valence-electron chi connectivity index (χ0n) is 10.9. The SMILES string of the molecule is COc1ccc2c(c1)nc(C(N)CO)n2C(C)C. The Morgan fingerprint density at radius 3 is 2.72 bits per heavy atom. The first kappa shape index (κ1) is 12.9. The topological polar surface area (TPSA) is 73.3 Å². The Hall–Kier alpha value is -1.59. The quantitative estimate of drug-likeness (QED) is 0.863. The Balaban J connectivity index is 2.66. The number of imidazole rings is 1. The molecule has 5 nitrogen and oxygen atoms in total. The number of nitrogens with zero attached hydrogens (tertiary/aromatic N) is 2. The second-order valence-corrected chi connectivity index (χ2v) is 4.58. The van der Waals surface area contributed by atoms with Crippen LogP contribution in [-0.2, 0) is 0 Å². The van der Waals surface area contributed by atoms with E-state index in [9.17, 15) is 5.11 Å². The highest BCUT2D eigenvalue weighted by molar-refractivity contribution is 5.78. The minimum atomic E-state index is -0.467. The summed E-state index contributed by atoms with van der Waals surface area (Å²) in [6.45, 7) is 4.02. The summed E-state index contributed by atoms with van der Waals surface area (Å²) >= 11 is 0. The molecule has 0 bridgehead atoms. The molecule has 0 amide bonds. The highest BCUT2D eigenvalue weighted by atomic mass is 16.5. The van der Waals surface area contributed by atoms with Gasteiger partial charge < -0.3 is 20.1 Å². The molecule has 2 rings (SSSR count). The summed E-state index contributed by atoms with van der Waals surface area (Å²) < 4.78 is 7.24. The van der Waals surface area contributed by atoms with Gasteiger partial charge in [0.1, 0.15) is 11.6 Å². The lowest BCUT2D eigenvalue weighted by Crippen LogP contribution is -2.20. The van der Waals surface area contributed by atoms with Crippen molar-refractivity contribution < 1.29 is 9.84 Å². The molecule has 0 aliphatic carbocycles. The summed E-state index contributed by atoms with van der Waals surface area (Å²) in [7, 11) is 1.63. The number of aromatic nitrogens is 2. The number of hydrogen-bond acceptors (Lipinski definition) is 4. The zero-order valence-corrected chi connectivity index (χ0v) is 10.9. The Morgan fingerprint density at radius 1 is 1.44 bits per heavy atom. The van der Waals surface area contributed by atoms with Crippen molar-refractivity contribution in [2.45, 2.75) is 25.9 Å². The molecule has 1 unspecified atom stereocenters. The van der Waals surface area contributed by atoms with E-state index in [0.717, 1.165) is 16.8 Å². The van der Waals surface area contributed by atoms with E-state index in [1.165, 1.54) is 0 Å². The first-order valence-electron chi connectivity index (χ1n) is 6.00. The smallest absolute Gasteiger partial charge is 0.129 e. The number of aliphatic hydroxyl groups is 1. The third kappa shape index (κ3) is 2.07. The van der Waals surface area contributed by atoms with E-state index in [1.807, 2.05) is 18.2 Å². The maximum Gasteiger partial charge on any atom is 0.129 e. The lowest BCUT2D eigenvalue weighted by Gasteiger charge is -2.16. The van der Waals surface area contributed by atoms with Crippen LogP contribution in [0.25, 0.3) is 11.0 Å². The summed E-state index contributed by atoms with van der Waals surface area (Å²) in [6.07, 6.45) is 0. The molecule has 0 aliphatic heterocycles. The van der Waals surface area contributed by atoms with E-state index in [0.29, 0.717) is 5.82 Å². The molecule has 3 N–H and O–H groups in total. The van der Waals surface area contributed by atoms with Crippen molar-refractivity contribution in [3.8, 4) is 5.75 Å². The highest BCUT2D eigenvalue weighted by Gasteiger charge is 2.18. The molecule has 1 aromatic heterocycles. The Morgan fingerprint density at radius 2 is 2.17 bits per heavy atom. The van der Waals surface area contributed by atoms with Gasteiger partial charge in [0.15, 0.2) is 0 Å². The van der Waals surface area contributed by atoms with Gasteiger partial charge in [0.05, 0.1) is 30.8 Å². The predicted molar refractivity (Wildman–Crippen MR) is 70.7 cm³/mol. The van der Waals surface area contributed by atoms with Crippen molar-refractivity contribution >= 4 is 11.0 Å². The van der Waals surface area contributed by atoms with E-state index in [-0.39, 0.29) is 12.6 Å². The molecule has 5 heteroatoms. The Kier molecular flexibility index (Phi) is 3.54. The lowest BCUT2D eigenvalue weighted by molar-refractivity contribution is 0.260. The lowest BCUT2D eigenvalue weighted by atomic mass is 10.2. The van der Waals surface area contributed by atoms with Crippen LogP contribution in [0.2, 0.25) is 0 Å². The fourth-order valence-electron chi connectivity index (χ4n) is 2.11. The fourth-order valence-corrected chi connectivity index (χ4v) is 2.11. The summed E-state index contributed by atoms with van der Waals surface area (Å²) in [6, 6.07) is 5.51. The number of benzene rings is 1. The number of ether oxygens (including phenoxy) is 1. The molecular weight excluding hydrogens is 230 g/mol. The number of aliphatic hydroxyl groups excluding tert-OH is 1. The van der Waals surface area contributed by atoms with E-state index in [2.05, 4.69) is 23.4 Å². The average molecular weight is 249 g/mol. The van der Waals surface area contributed by atoms with Crippen LogP contribution in [0, 0.1) is 0 Å². The molecule has 0 saturated heterocycles. The van der Waals surface area contributed by atoms with E-state index in [4.69, 9.17) is 10.5 Å². The molecule has 0 fully saturated rings. The second-order valence-electron chi connectivity index (χ2n) is 4.58. The molecule has 1 atom stereocenters. The Labute approximate surface area is 106 Å². The van der Waals surface area contributed by atoms with Crippen LogP contribution in [0.1, 0.15) is 31.8 Å². The third-order valence-corrected chi connectivity index (χ3v) is 2.97. The maximum absolute atomic E-state index is 9.22. The molecule has 98 valence electrons. The molecule has 0 saturated carbocycles. The normalized spacial score (nSPS) is 13.2. The minimum absolute atomic E-state index is 0.118. The van der Waals surface area contributed by atoms with E-state index in [1.54, 1.807) is 7.11 Å². The van der Waals surface area contributed by atoms with Gasteiger partial charge in [0.25, 0.3) is 0 Å². The maximum atomic E-state index is 9.22. The van der Waals surface area contributed by atoms with Gasteiger partial charge in [0.2, 0.25) is 0 Å². The molecule has 0 aliphatic rings. The highest BCUT2D eigenvalue weighted by Crippen LogP contribution is 2.26. The number of hydrogen-bond donors (Lipinski definition) is 2. The third-order valence-electron chi connectivity index (χ3n) is 2.97. The molecule has 18 heavy (non-hydrogen) atoms. The van der Waals surface area contributed by atoms with Gasteiger partial charge in [-0.3, -0.25) is 0 Å². The van der Waals surface area contributed by atoms with E-state index < -0.39 is 6.04 Å². The molecule has 1 aromatic carbocycles. The standard InChI is InChI=1S/C13H19N3O2/c1-8(2)16-12-5-4-9(18-3)6-11(12)15-13(16)10(14)7-17/h4-6,8,10,17H,7,14H2,1-3H3. The minimum Gasteiger partial charge on any atom is -0.497 e. The van der Waals surface area contributed by atoms with Gasteiger partial charge in [-0.05, 0) is 26.0 Å². The summed E-state index contributed by atoms with van der Waals surface area (Å²) in [5, 5.41) is 9.22. The van der Waals surface area contributed by atoms with Gasteiger partial charge in [0, 0.05) is 12.1 Å². The molecular formula is C13H19N3O2. The van der Waals surface area contributed by atoms with Crippen LogP contribution in [-0.4, -0.2) is 28.4 Å². The number of methoxy groups -OCH3 is 1. The van der Waals surface area contributed by atoms with Crippen LogP contribution in [0.4, 0.5) is 0 Å². The van der Waals surface area contributed by atoms with Crippen LogP contribution in [0.3, 0.4) is 0 Å². The van der Waals surface area contributed by atoms with Crippen molar-refractivity contribution in [2.24, 2.45) is 5.73 Å². The summed E-state index contributed by atoms with van der Waals surface area (Å²) in [5.41, 5.74) is 7.74. The van der Waals surface area contributed by atoms with Crippen molar-refractivity contribution in [3.63, 3.8) is 0 Å². The van der Waals surface area contributed by atoms with Gasteiger partial charge in [-0.2, -0.15) is 0 Å². The monoisotopic (exact) mass is 249 g/mol. The summed E-state index contributed by atoms with van der Waals surface area (Å²) in [5.74, 6) is 1.47. The summed E-state index contributed by atoms with van der Waals surface area (Å²) in [4.78, 5) is 4.51. The molecule has 1 heterocycles. The van der Waals surface area contributed by atoms with Gasteiger partial charge in [-0.1, -0.05) is 0 Å². The van der Waals surface area contributed by atoms with Crippen molar-refractivity contribution in [2.75, 3.05) is 13.7 Å². The Bertz CT molecular complexity index is 548. The van der Waals surface area contributed by atoms with Crippen LogP contribution in [0.5, 0.6) is 5.75 Å². The fraction of sp³-hybridized carbons (Fsp3) is 0.462. The van der Waals surface area contributed by atoms with Crippen LogP contribution < -0.4 is 10.5 Å². The first-order valence-corrected chi connectivity index (χ1v) is 6.00. The largest absolute Gasteiger partial charge is 0.497 e. The van der Waals surface area contributed by atoms with Gasteiger partial charge in [-0.15, -0.1) is 0 Å². The average Bonchev–Trinajstić information content (AvgIpc) is 2.75. The molecule has 0 spiro atoms. The number of nitrogens with two attached hydrogens (primary N) is 1. The van der Waals surface area contributed by atoms with Crippen LogP contribution in [0.15, 0.2) is 18.2 Å². The second kappa shape index (κ2) is 4.96. The van der Waals surface area contributed by atoms with Gasteiger partial charge >= 0.3 is 0 Å². The number of fused-ring (bicyclic) bond motifs is 1. The number of rotatable bonds is 4. The van der Waals surface area contributed by atoms with E-state index >= 15 is 0 Å². The molecule has 0 radical (unpaired) electrons. The van der Waals surface area contributed by atoms with Crippen molar-refractivity contribution in [1.29, 1.82) is 0 Å². The van der Waals surface area contributed by atoms with Crippen LogP contribution >= 0.6 is 0 Å². The first-order chi connectivity index (χ1) is 8.58. The van der Waals surface area contributed by atoms with Crippen molar-refractivity contribution in [3.05, 3.63) is 24.0 Å².